The first-order chi connectivity index (χ1) is 11.7. The first kappa shape index (κ1) is 19.6. The summed E-state index contributed by atoms with van der Waals surface area (Å²) < 4.78 is 0. The SMILES string of the molecule is CC.CC.Cc1ccc(-c2cnc(-c3ccc(C)cc3)nc2)cc1. The molecule has 2 heteroatoms. The van der Waals surface area contributed by atoms with Crippen molar-refractivity contribution in [3.05, 3.63) is 72.1 Å². The van der Waals surface area contributed by atoms with E-state index in [4.69, 9.17) is 0 Å². The Morgan fingerprint density at radius 2 is 0.875 bits per heavy atom. The molecule has 2 aromatic carbocycles. The average molecular weight is 320 g/mol. The maximum absolute atomic E-state index is 4.47. The fourth-order valence-electron chi connectivity index (χ4n) is 2.07. The summed E-state index contributed by atoms with van der Waals surface area (Å²) >= 11 is 0. The van der Waals surface area contributed by atoms with Gasteiger partial charge in [-0.2, -0.15) is 0 Å². The van der Waals surface area contributed by atoms with E-state index in [9.17, 15) is 0 Å². The van der Waals surface area contributed by atoms with E-state index in [1.165, 1.54) is 11.1 Å². The monoisotopic (exact) mass is 320 g/mol. The molecule has 0 aliphatic carbocycles. The molecule has 0 saturated carbocycles. The lowest BCUT2D eigenvalue weighted by atomic mass is 10.1. The largest absolute Gasteiger partial charge is 0.236 e. The Kier molecular flexibility index (Phi) is 8.42. The molecule has 1 heterocycles. The van der Waals surface area contributed by atoms with Gasteiger partial charge in [0.25, 0.3) is 0 Å². The summed E-state index contributed by atoms with van der Waals surface area (Å²) in [5.41, 5.74) is 5.73. The molecule has 0 saturated heterocycles. The van der Waals surface area contributed by atoms with Gasteiger partial charge in [-0.15, -0.1) is 0 Å². The average Bonchev–Trinajstić information content (AvgIpc) is 2.66. The molecule has 0 N–H and O–H groups in total. The molecule has 0 spiro atoms. The van der Waals surface area contributed by atoms with Crippen LogP contribution in [0.5, 0.6) is 0 Å². The fourth-order valence-corrected chi connectivity index (χ4v) is 2.07. The van der Waals surface area contributed by atoms with Crippen LogP contribution in [0, 0.1) is 13.8 Å². The van der Waals surface area contributed by atoms with Gasteiger partial charge in [-0.05, 0) is 19.4 Å². The van der Waals surface area contributed by atoms with Gasteiger partial charge in [0, 0.05) is 23.5 Å². The summed E-state index contributed by atoms with van der Waals surface area (Å²) in [6.07, 6.45) is 3.76. The number of aromatic nitrogens is 2. The van der Waals surface area contributed by atoms with Gasteiger partial charge in [-0.3, -0.25) is 0 Å². The minimum absolute atomic E-state index is 0.765. The number of hydrogen-bond donors (Lipinski definition) is 0. The molecule has 0 bridgehead atoms. The first-order valence-electron chi connectivity index (χ1n) is 8.68. The molecule has 0 aliphatic heterocycles. The predicted octanol–water partition coefficient (Wildman–Crippen LogP) is 6.48. The Bertz CT molecular complexity index is 632. The molecule has 3 rings (SSSR count). The Labute approximate surface area is 146 Å². The summed E-state index contributed by atoms with van der Waals surface area (Å²) in [6, 6.07) is 16.6. The smallest absolute Gasteiger partial charge is 0.159 e. The molecule has 0 amide bonds. The van der Waals surface area contributed by atoms with Crippen molar-refractivity contribution in [2.75, 3.05) is 0 Å². The van der Waals surface area contributed by atoms with E-state index in [0.29, 0.717) is 0 Å². The maximum Gasteiger partial charge on any atom is 0.159 e. The van der Waals surface area contributed by atoms with Gasteiger partial charge in [-0.25, -0.2) is 9.97 Å². The third kappa shape index (κ3) is 5.31. The highest BCUT2D eigenvalue weighted by molar-refractivity contribution is 5.64. The van der Waals surface area contributed by atoms with Crippen LogP contribution >= 0.6 is 0 Å². The molecule has 2 nitrogen and oxygen atoms in total. The highest BCUT2D eigenvalue weighted by Gasteiger charge is 2.02. The van der Waals surface area contributed by atoms with Crippen molar-refractivity contribution in [1.82, 2.24) is 9.97 Å². The second kappa shape index (κ2) is 10.3. The van der Waals surface area contributed by atoms with Gasteiger partial charge in [0.2, 0.25) is 0 Å². The maximum atomic E-state index is 4.47. The van der Waals surface area contributed by atoms with E-state index in [-0.39, 0.29) is 0 Å². The van der Waals surface area contributed by atoms with Crippen LogP contribution in [-0.4, -0.2) is 9.97 Å². The summed E-state index contributed by atoms with van der Waals surface area (Å²) in [4.78, 5) is 8.93. The Morgan fingerprint density at radius 1 is 0.500 bits per heavy atom. The van der Waals surface area contributed by atoms with Crippen LogP contribution < -0.4 is 0 Å². The Morgan fingerprint density at radius 3 is 1.29 bits per heavy atom. The predicted molar refractivity (Wildman–Crippen MR) is 105 cm³/mol. The Hall–Kier alpha value is -2.48. The second-order valence-electron chi connectivity index (χ2n) is 5.03. The molecular weight excluding hydrogens is 292 g/mol. The fraction of sp³-hybridized carbons (Fsp3) is 0.273. The zero-order valence-electron chi connectivity index (χ0n) is 15.7. The summed E-state index contributed by atoms with van der Waals surface area (Å²) in [5, 5.41) is 0. The number of benzene rings is 2. The van der Waals surface area contributed by atoms with Gasteiger partial charge in [-0.1, -0.05) is 87.4 Å². The highest BCUT2D eigenvalue weighted by atomic mass is 14.9. The van der Waals surface area contributed by atoms with Crippen LogP contribution in [0.4, 0.5) is 0 Å². The molecule has 0 aliphatic rings. The van der Waals surface area contributed by atoms with Gasteiger partial charge < -0.3 is 0 Å². The summed E-state index contributed by atoms with van der Waals surface area (Å²) in [7, 11) is 0. The molecule has 0 radical (unpaired) electrons. The lowest BCUT2D eigenvalue weighted by Gasteiger charge is -2.04. The molecule has 0 atom stereocenters. The van der Waals surface area contributed by atoms with Gasteiger partial charge in [0.1, 0.15) is 0 Å². The highest BCUT2D eigenvalue weighted by Crippen LogP contribution is 2.21. The zero-order chi connectivity index (χ0) is 17.9. The van der Waals surface area contributed by atoms with Crippen LogP contribution in [0.2, 0.25) is 0 Å². The minimum atomic E-state index is 0.765. The van der Waals surface area contributed by atoms with E-state index >= 15 is 0 Å². The van der Waals surface area contributed by atoms with Crippen LogP contribution in [0.1, 0.15) is 38.8 Å². The van der Waals surface area contributed by atoms with Crippen molar-refractivity contribution in [1.29, 1.82) is 0 Å². The summed E-state index contributed by atoms with van der Waals surface area (Å²) in [5.74, 6) is 0.765. The first-order valence-corrected chi connectivity index (χ1v) is 8.68. The van der Waals surface area contributed by atoms with E-state index in [1.807, 2.05) is 40.1 Å². The topological polar surface area (TPSA) is 25.8 Å². The van der Waals surface area contributed by atoms with E-state index in [0.717, 1.165) is 22.5 Å². The normalized spacial score (nSPS) is 9.25. The molecular formula is C22H28N2. The molecule has 126 valence electrons. The lowest BCUT2D eigenvalue weighted by molar-refractivity contribution is 1.18. The van der Waals surface area contributed by atoms with Crippen molar-refractivity contribution in [2.24, 2.45) is 0 Å². The number of aryl methyl sites for hydroxylation is 2. The van der Waals surface area contributed by atoms with E-state index in [2.05, 4.69) is 72.3 Å². The number of hydrogen-bond acceptors (Lipinski definition) is 2. The lowest BCUT2D eigenvalue weighted by Crippen LogP contribution is -1.90. The molecule has 0 unspecified atom stereocenters. The van der Waals surface area contributed by atoms with E-state index < -0.39 is 0 Å². The zero-order valence-corrected chi connectivity index (χ0v) is 15.7. The van der Waals surface area contributed by atoms with Gasteiger partial charge in [0.15, 0.2) is 5.82 Å². The number of rotatable bonds is 2. The van der Waals surface area contributed by atoms with Crippen molar-refractivity contribution < 1.29 is 0 Å². The van der Waals surface area contributed by atoms with E-state index in [1.54, 1.807) is 0 Å². The molecule has 0 fully saturated rings. The van der Waals surface area contributed by atoms with Crippen LogP contribution in [0.25, 0.3) is 22.5 Å². The van der Waals surface area contributed by atoms with Crippen LogP contribution in [-0.2, 0) is 0 Å². The summed E-state index contributed by atoms with van der Waals surface area (Å²) in [6.45, 7) is 12.2. The van der Waals surface area contributed by atoms with Crippen molar-refractivity contribution >= 4 is 0 Å². The van der Waals surface area contributed by atoms with Crippen molar-refractivity contribution in [2.45, 2.75) is 41.5 Å². The molecule has 1 aromatic heterocycles. The van der Waals surface area contributed by atoms with Gasteiger partial charge >= 0.3 is 0 Å². The quantitative estimate of drug-likeness (QED) is 0.540. The minimum Gasteiger partial charge on any atom is -0.236 e. The standard InChI is InChI=1S/C18H16N2.2C2H6/c1-13-3-7-15(8-4-13)17-11-19-18(20-12-17)16-9-5-14(2)6-10-16;2*1-2/h3-12H,1-2H3;2*1-2H3. The van der Waals surface area contributed by atoms with Crippen LogP contribution in [0.15, 0.2) is 60.9 Å². The molecule has 24 heavy (non-hydrogen) atoms. The third-order valence-corrected chi connectivity index (χ3v) is 3.35. The number of nitrogens with zero attached hydrogens (tertiary/aromatic N) is 2. The molecule has 3 aromatic rings. The third-order valence-electron chi connectivity index (χ3n) is 3.35. The van der Waals surface area contributed by atoms with Crippen LogP contribution in [0.3, 0.4) is 0 Å². The van der Waals surface area contributed by atoms with Crippen molar-refractivity contribution in [3.8, 4) is 22.5 Å². The van der Waals surface area contributed by atoms with Crippen molar-refractivity contribution in [3.63, 3.8) is 0 Å². The Balaban J connectivity index is 0.000000671. The second-order valence-corrected chi connectivity index (χ2v) is 5.03. The van der Waals surface area contributed by atoms with Gasteiger partial charge in [0.05, 0.1) is 0 Å².